The van der Waals surface area contributed by atoms with Crippen molar-refractivity contribution in [3.63, 3.8) is 0 Å². The maximum atomic E-state index is 10.4. The number of nitrogen functional groups attached to an aromatic ring is 1. The molecule has 1 aromatic heterocycles. The van der Waals surface area contributed by atoms with Gasteiger partial charge < -0.3 is 26.2 Å². The van der Waals surface area contributed by atoms with E-state index in [1.54, 1.807) is 6.07 Å². The Hall–Kier alpha value is -1.60. The number of aromatic nitrogens is 2. The van der Waals surface area contributed by atoms with Crippen LogP contribution in [0.5, 0.6) is 0 Å². The summed E-state index contributed by atoms with van der Waals surface area (Å²) < 4.78 is 5.40. The average molecular weight is 281 g/mol. The summed E-state index contributed by atoms with van der Waals surface area (Å²) in [5.74, 6) is 1.49. The Balaban J connectivity index is 2.00. The number of nitrogens with zero attached hydrogens (tertiary/aromatic N) is 2. The highest BCUT2D eigenvalue weighted by Gasteiger charge is 2.39. The van der Waals surface area contributed by atoms with Crippen LogP contribution in [0.1, 0.15) is 26.7 Å². The van der Waals surface area contributed by atoms with E-state index in [0.29, 0.717) is 31.2 Å². The fourth-order valence-corrected chi connectivity index (χ4v) is 2.15. The maximum absolute atomic E-state index is 10.4. The molecule has 0 bridgehead atoms. The normalized spacial score (nSPS) is 25.6. The molecule has 1 aliphatic rings. The molecule has 20 heavy (non-hydrogen) atoms. The highest BCUT2D eigenvalue weighted by Crippen LogP contribution is 2.26. The zero-order valence-corrected chi connectivity index (χ0v) is 12.0. The second-order valence-electron chi connectivity index (χ2n) is 5.14. The van der Waals surface area contributed by atoms with E-state index in [1.807, 2.05) is 6.92 Å². The highest BCUT2D eigenvalue weighted by atomic mass is 16.5. The molecule has 0 saturated carbocycles. The van der Waals surface area contributed by atoms with Crippen LogP contribution in [0.2, 0.25) is 0 Å². The topological polar surface area (TPSA) is 105 Å². The van der Waals surface area contributed by atoms with Crippen molar-refractivity contribution in [3.8, 4) is 0 Å². The Morgan fingerprint density at radius 2 is 2.15 bits per heavy atom. The zero-order valence-electron chi connectivity index (χ0n) is 12.0. The fourth-order valence-electron chi connectivity index (χ4n) is 2.15. The first-order valence-corrected chi connectivity index (χ1v) is 7.00. The second kappa shape index (κ2) is 6.23. The Labute approximate surface area is 118 Å². The Bertz CT molecular complexity index is 456. The first-order chi connectivity index (χ1) is 9.53. The number of ether oxygens (including phenoxy) is 1. The summed E-state index contributed by atoms with van der Waals surface area (Å²) in [7, 11) is 0. The van der Waals surface area contributed by atoms with Crippen LogP contribution >= 0.6 is 0 Å². The smallest absolute Gasteiger partial charge is 0.223 e. The van der Waals surface area contributed by atoms with Gasteiger partial charge in [0.1, 0.15) is 17.2 Å². The van der Waals surface area contributed by atoms with E-state index in [9.17, 15) is 5.11 Å². The monoisotopic (exact) mass is 281 g/mol. The van der Waals surface area contributed by atoms with Gasteiger partial charge in [-0.25, -0.2) is 0 Å². The van der Waals surface area contributed by atoms with Crippen molar-refractivity contribution >= 4 is 17.6 Å². The summed E-state index contributed by atoms with van der Waals surface area (Å²) in [5, 5.41) is 16.7. The molecule has 0 spiro atoms. The molecule has 1 aromatic rings. The summed E-state index contributed by atoms with van der Waals surface area (Å²) in [6.07, 6.45) is 1.43. The Kier molecular flexibility index (Phi) is 4.61. The van der Waals surface area contributed by atoms with Crippen molar-refractivity contribution in [2.75, 3.05) is 36.1 Å². The van der Waals surface area contributed by atoms with Gasteiger partial charge in [0.2, 0.25) is 5.95 Å². The van der Waals surface area contributed by atoms with Gasteiger partial charge >= 0.3 is 0 Å². The summed E-state index contributed by atoms with van der Waals surface area (Å²) in [6.45, 7) is 5.72. The van der Waals surface area contributed by atoms with Crippen molar-refractivity contribution in [3.05, 3.63) is 6.07 Å². The lowest BCUT2D eigenvalue weighted by atomic mass is 9.97. The summed E-state index contributed by atoms with van der Waals surface area (Å²) >= 11 is 0. The molecular weight excluding hydrogens is 258 g/mol. The SMILES string of the molecule is CCCNc1cc(NCC2(O)CCOC2C)nc(N)n1. The van der Waals surface area contributed by atoms with Crippen molar-refractivity contribution < 1.29 is 9.84 Å². The molecule has 7 nitrogen and oxygen atoms in total. The summed E-state index contributed by atoms with van der Waals surface area (Å²) in [4.78, 5) is 8.23. The Morgan fingerprint density at radius 1 is 1.45 bits per heavy atom. The van der Waals surface area contributed by atoms with E-state index >= 15 is 0 Å². The number of nitrogens with two attached hydrogens (primary N) is 1. The molecule has 1 aliphatic heterocycles. The molecule has 112 valence electrons. The molecule has 0 aromatic carbocycles. The minimum absolute atomic E-state index is 0.188. The lowest BCUT2D eigenvalue weighted by molar-refractivity contribution is -0.0176. The maximum Gasteiger partial charge on any atom is 0.223 e. The van der Waals surface area contributed by atoms with Crippen LogP contribution in [0.25, 0.3) is 0 Å². The zero-order chi connectivity index (χ0) is 14.6. The van der Waals surface area contributed by atoms with Crippen molar-refractivity contribution in [1.82, 2.24) is 9.97 Å². The quantitative estimate of drug-likeness (QED) is 0.612. The number of rotatable bonds is 6. The van der Waals surface area contributed by atoms with Crippen molar-refractivity contribution in [1.29, 1.82) is 0 Å². The number of nitrogens with one attached hydrogen (secondary N) is 2. The van der Waals surface area contributed by atoms with E-state index < -0.39 is 5.60 Å². The Morgan fingerprint density at radius 3 is 2.75 bits per heavy atom. The van der Waals surface area contributed by atoms with Crippen LogP contribution in [-0.4, -0.2) is 46.5 Å². The fraction of sp³-hybridized carbons (Fsp3) is 0.692. The van der Waals surface area contributed by atoms with Crippen LogP contribution in [0.15, 0.2) is 6.07 Å². The summed E-state index contributed by atoms with van der Waals surface area (Å²) in [6, 6.07) is 1.79. The van der Waals surface area contributed by atoms with E-state index in [-0.39, 0.29) is 12.1 Å². The van der Waals surface area contributed by atoms with Gasteiger partial charge in [0.05, 0.1) is 6.10 Å². The predicted octanol–water partition coefficient (Wildman–Crippen LogP) is 0.832. The van der Waals surface area contributed by atoms with Gasteiger partial charge in [0, 0.05) is 32.2 Å². The predicted molar refractivity (Wildman–Crippen MR) is 78.7 cm³/mol. The molecular formula is C13H23N5O2. The van der Waals surface area contributed by atoms with Gasteiger partial charge in [-0.3, -0.25) is 0 Å². The number of anilines is 3. The lowest BCUT2D eigenvalue weighted by Gasteiger charge is -2.26. The number of hydrogen-bond acceptors (Lipinski definition) is 7. The van der Waals surface area contributed by atoms with Crippen LogP contribution in [0, 0.1) is 0 Å². The first kappa shape index (κ1) is 14.8. The molecule has 2 atom stereocenters. The minimum atomic E-state index is -0.864. The molecule has 7 heteroatoms. The lowest BCUT2D eigenvalue weighted by Crippen LogP contribution is -2.43. The molecule has 1 fully saturated rings. The van der Waals surface area contributed by atoms with Crippen LogP contribution in [-0.2, 0) is 4.74 Å². The minimum Gasteiger partial charge on any atom is -0.385 e. The van der Waals surface area contributed by atoms with Gasteiger partial charge in [0.15, 0.2) is 0 Å². The molecule has 2 rings (SSSR count). The van der Waals surface area contributed by atoms with Gasteiger partial charge in [-0.1, -0.05) is 6.92 Å². The standard InChI is InChI=1S/C13H23N5O2/c1-3-5-15-10-7-11(18-12(14)17-10)16-8-13(19)4-6-20-9(13)2/h7,9,19H,3-6,8H2,1-2H3,(H4,14,15,16,17,18). The van der Waals surface area contributed by atoms with Crippen molar-refractivity contribution in [2.45, 2.75) is 38.4 Å². The second-order valence-corrected chi connectivity index (χ2v) is 5.14. The number of aliphatic hydroxyl groups is 1. The summed E-state index contributed by atoms with van der Waals surface area (Å²) in [5.41, 5.74) is 4.82. The third-order valence-corrected chi connectivity index (χ3v) is 3.53. The van der Waals surface area contributed by atoms with Gasteiger partial charge in [-0.15, -0.1) is 0 Å². The molecule has 1 saturated heterocycles. The van der Waals surface area contributed by atoms with Crippen LogP contribution in [0.4, 0.5) is 17.6 Å². The van der Waals surface area contributed by atoms with E-state index in [0.717, 1.165) is 13.0 Å². The third-order valence-electron chi connectivity index (χ3n) is 3.53. The van der Waals surface area contributed by atoms with E-state index in [4.69, 9.17) is 10.5 Å². The number of hydrogen-bond donors (Lipinski definition) is 4. The van der Waals surface area contributed by atoms with Gasteiger partial charge in [-0.2, -0.15) is 9.97 Å². The first-order valence-electron chi connectivity index (χ1n) is 7.00. The highest BCUT2D eigenvalue weighted by molar-refractivity contribution is 5.51. The largest absolute Gasteiger partial charge is 0.385 e. The molecule has 0 aliphatic carbocycles. The van der Waals surface area contributed by atoms with E-state index in [1.165, 1.54) is 0 Å². The molecule has 2 heterocycles. The van der Waals surface area contributed by atoms with Gasteiger partial charge in [-0.05, 0) is 13.3 Å². The molecule has 2 unspecified atom stereocenters. The molecule has 5 N–H and O–H groups in total. The van der Waals surface area contributed by atoms with Gasteiger partial charge in [0.25, 0.3) is 0 Å². The third kappa shape index (κ3) is 3.49. The van der Waals surface area contributed by atoms with Crippen LogP contribution < -0.4 is 16.4 Å². The van der Waals surface area contributed by atoms with E-state index in [2.05, 4.69) is 27.5 Å². The van der Waals surface area contributed by atoms with Crippen molar-refractivity contribution in [2.24, 2.45) is 0 Å². The average Bonchev–Trinajstić information content (AvgIpc) is 2.74. The molecule has 0 amide bonds. The van der Waals surface area contributed by atoms with Crippen LogP contribution in [0.3, 0.4) is 0 Å². The molecule has 0 radical (unpaired) electrons.